The maximum atomic E-state index is 14.3. The average molecular weight is 611 g/mol. The SMILES string of the molecule is CC1(C(=O)O)CCC(n2ncc(C(=O)N(CC(=O)c3c(Cl)cncc3Cl)CC3CC(F)(F)C3)c2C(F)(F)F)CC1. The van der Waals surface area contributed by atoms with E-state index in [1.807, 2.05) is 0 Å². The van der Waals surface area contributed by atoms with Crippen molar-refractivity contribution in [2.24, 2.45) is 11.3 Å². The van der Waals surface area contributed by atoms with E-state index in [2.05, 4.69) is 10.1 Å². The molecule has 2 aromatic rings. The summed E-state index contributed by atoms with van der Waals surface area (Å²) in [6.07, 6.45) is -2.82. The monoisotopic (exact) mass is 610 g/mol. The number of hydrogen-bond donors (Lipinski definition) is 1. The quantitative estimate of drug-likeness (QED) is 0.283. The molecule has 218 valence electrons. The van der Waals surface area contributed by atoms with Crippen molar-refractivity contribution in [2.45, 2.75) is 63.6 Å². The van der Waals surface area contributed by atoms with Gasteiger partial charge in [-0.1, -0.05) is 23.2 Å². The molecule has 0 aliphatic heterocycles. The molecule has 2 aliphatic rings. The van der Waals surface area contributed by atoms with Crippen molar-refractivity contribution in [3.8, 4) is 0 Å². The largest absolute Gasteiger partial charge is 0.481 e. The number of ketones is 1. The Kier molecular flexibility index (Phi) is 8.21. The molecule has 1 N–H and O–H groups in total. The van der Waals surface area contributed by atoms with E-state index >= 15 is 0 Å². The van der Waals surface area contributed by atoms with Gasteiger partial charge in [-0.05, 0) is 38.5 Å². The molecule has 2 aliphatic carbocycles. The highest BCUT2D eigenvalue weighted by atomic mass is 35.5. The number of rotatable bonds is 8. The minimum atomic E-state index is -5.04. The number of carboxylic acids is 1. The van der Waals surface area contributed by atoms with Crippen molar-refractivity contribution >= 4 is 40.9 Å². The van der Waals surface area contributed by atoms with E-state index in [-0.39, 0.29) is 41.3 Å². The lowest BCUT2D eigenvalue weighted by Gasteiger charge is -2.38. The van der Waals surface area contributed by atoms with Gasteiger partial charge in [0.1, 0.15) is 0 Å². The zero-order valence-electron chi connectivity index (χ0n) is 21.2. The lowest BCUT2D eigenvalue weighted by Crippen LogP contribution is -2.46. The van der Waals surface area contributed by atoms with Gasteiger partial charge in [0.25, 0.3) is 5.91 Å². The van der Waals surface area contributed by atoms with Gasteiger partial charge >= 0.3 is 12.1 Å². The molecule has 2 aromatic heterocycles. The maximum Gasteiger partial charge on any atom is 0.433 e. The zero-order valence-corrected chi connectivity index (χ0v) is 22.7. The number of halogens is 7. The Morgan fingerprint density at radius 2 is 1.68 bits per heavy atom. The number of pyridine rings is 1. The fraction of sp³-hybridized carbons (Fsp3) is 0.560. The van der Waals surface area contributed by atoms with Crippen molar-refractivity contribution in [2.75, 3.05) is 13.1 Å². The fourth-order valence-electron chi connectivity index (χ4n) is 5.32. The van der Waals surface area contributed by atoms with Crippen LogP contribution >= 0.6 is 23.2 Å². The van der Waals surface area contributed by atoms with Crippen LogP contribution in [0.3, 0.4) is 0 Å². The molecule has 4 rings (SSSR count). The molecule has 2 heterocycles. The van der Waals surface area contributed by atoms with Gasteiger partial charge in [0, 0.05) is 31.8 Å². The van der Waals surface area contributed by atoms with E-state index in [1.165, 1.54) is 6.92 Å². The van der Waals surface area contributed by atoms with E-state index in [4.69, 9.17) is 23.2 Å². The van der Waals surface area contributed by atoms with Crippen LogP contribution in [0.1, 0.15) is 77.9 Å². The molecule has 0 atom stereocenters. The van der Waals surface area contributed by atoms with Crippen LogP contribution in [0.25, 0.3) is 0 Å². The molecule has 2 saturated carbocycles. The van der Waals surface area contributed by atoms with Gasteiger partial charge in [0.05, 0.1) is 45.4 Å². The van der Waals surface area contributed by atoms with Crippen LogP contribution < -0.4 is 0 Å². The minimum absolute atomic E-state index is 0.0829. The first-order valence-electron chi connectivity index (χ1n) is 12.4. The summed E-state index contributed by atoms with van der Waals surface area (Å²) in [6.45, 7) is 0.352. The second kappa shape index (κ2) is 10.9. The number of aromatic nitrogens is 3. The van der Waals surface area contributed by atoms with Gasteiger partial charge in [0.15, 0.2) is 11.5 Å². The summed E-state index contributed by atoms with van der Waals surface area (Å²) in [5, 5.41) is 13.0. The zero-order chi connectivity index (χ0) is 29.6. The third kappa shape index (κ3) is 6.09. The van der Waals surface area contributed by atoms with Crippen molar-refractivity contribution in [3.63, 3.8) is 0 Å². The number of alkyl halides is 5. The van der Waals surface area contributed by atoms with Gasteiger partial charge in [-0.25, -0.2) is 8.78 Å². The van der Waals surface area contributed by atoms with Crippen LogP contribution in [0.5, 0.6) is 0 Å². The molecule has 0 bridgehead atoms. The Bertz CT molecular complexity index is 1300. The normalized spacial score (nSPS) is 22.9. The molecule has 15 heteroatoms. The average Bonchev–Trinajstić information content (AvgIpc) is 3.28. The molecule has 0 saturated heterocycles. The molecule has 0 aromatic carbocycles. The smallest absolute Gasteiger partial charge is 0.433 e. The first kappa shape index (κ1) is 30.2. The number of carboxylic acid groups (broad SMARTS) is 1. The molecule has 0 radical (unpaired) electrons. The first-order valence-corrected chi connectivity index (χ1v) is 13.2. The predicted octanol–water partition coefficient (Wildman–Crippen LogP) is 6.18. The Morgan fingerprint density at radius 3 is 2.17 bits per heavy atom. The van der Waals surface area contributed by atoms with Crippen LogP contribution in [-0.4, -0.2) is 61.4 Å². The van der Waals surface area contributed by atoms with Gasteiger partial charge in [-0.15, -0.1) is 0 Å². The van der Waals surface area contributed by atoms with Crippen molar-refractivity contribution < 1.29 is 41.4 Å². The molecule has 0 unspecified atom stereocenters. The summed E-state index contributed by atoms with van der Waals surface area (Å²) >= 11 is 12.1. The van der Waals surface area contributed by atoms with E-state index in [1.54, 1.807) is 0 Å². The topological polar surface area (TPSA) is 105 Å². The highest BCUT2D eigenvalue weighted by Gasteiger charge is 2.48. The lowest BCUT2D eigenvalue weighted by atomic mass is 9.74. The molecule has 2 fully saturated rings. The molecule has 1 amide bonds. The maximum absolute atomic E-state index is 14.3. The minimum Gasteiger partial charge on any atom is -0.481 e. The number of hydrogen-bond acceptors (Lipinski definition) is 5. The van der Waals surface area contributed by atoms with E-state index in [0.717, 1.165) is 23.5 Å². The summed E-state index contributed by atoms with van der Waals surface area (Å²) in [6, 6.07) is -0.819. The van der Waals surface area contributed by atoms with Crippen LogP contribution in [0.2, 0.25) is 10.0 Å². The highest BCUT2D eigenvalue weighted by Crippen LogP contribution is 2.45. The number of carbonyl (C=O) groups excluding carboxylic acids is 2. The Labute approximate surface area is 235 Å². The lowest BCUT2D eigenvalue weighted by molar-refractivity contribution is -0.152. The summed E-state index contributed by atoms with van der Waals surface area (Å²) in [7, 11) is 0. The Morgan fingerprint density at radius 1 is 1.10 bits per heavy atom. The third-order valence-corrected chi connectivity index (χ3v) is 8.20. The van der Waals surface area contributed by atoms with Gasteiger partial charge in [0.2, 0.25) is 5.92 Å². The standard InChI is InChI=1S/C25H25Cl2F5N4O4/c1-23(22(39)40)4-2-14(3-5-23)36-20(25(30,31)32)15(8-34-36)21(38)35(11-13-6-24(28,29)7-13)12-18(37)19-16(26)9-33-10-17(19)27/h8-10,13-14H,2-7,11-12H2,1H3,(H,39,40). The summed E-state index contributed by atoms with van der Waals surface area (Å²) in [5.41, 5.74) is -3.48. The summed E-state index contributed by atoms with van der Waals surface area (Å²) in [5.74, 6) is -6.78. The fourth-order valence-corrected chi connectivity index (χ4v) is 5.90. The highest BCUT2D eigenvalue weighted by molar-refractivity contribution is 6.39. The second-order valence-corrected chi connectivity index (χ2v) is 11.5. The van der Waals surface area contributed by atoms with Gasteiger partial charge < -0.3 is 10.0 Å². The number of aliphatic carboxylic acids is 1. The Balaban J connectivity index is 1.65. The number of amides is 1. The van der Waals surface area contributed by atoms with Crippen LogP contribution in [-0.2, 0) is 11.0 Å². The van der Waals surface area contributed by atoms with Gasteiger partial charge in [-0.2, -0.15) is 18.3 Å². The first-order chi connectivity index (χ1) is 18.5. The Hall–Kier alpha value is -2.80. The predicted molar refractivity (Wildman–Crippen MR) is 133 cm³/mol. The molecule has 8 nitrogen and oxygen atoms in total. The van der Waals surface area contributed by atoms with E-state index < -0.39 is 84.3 Å². The molecule has 40 heavy (non-hydrogen) atoms. The number of carbonyl (C=O) groups is 3. The molecule has 0 spiro atoms. The summed E-state index contributed by atoms with van der Waals surface area (Å²) < 4.78 is 70.7. The van der Waals surface area contributed by atoms with Crippen LogP contribution in [0.15, 0.2) is 18.6 Å². The second-order valence-electron chi connectivity index (χ2n) is 10.7. The number of Topliss-reactive ketones (excluding diaryl/α,β-unsaturated/α-hetero) is 1. The van der Waals surface area contributed by atoms with E-state index in [0.29, 0.717) is 4.68 Å². The van der Waals surface area contributed by atoms with Crippen LogP contribution in [0, 0.1) is 11.3 Å². The van der Waals surface area contributed by atoms with Crippen molar-refractivity contribution in [3.05, 3.63) is 45.5 Å². The van der Waals surface area contributed by atoms with Crippen molar-refractivity contribution in [1.29, 1.82) is 0 Å². The molecular formula is C25H25Cl2F5N4O4. The third-order valence-electron chi connectivity index (χ3n) is 7.62. The van der Waals surface area contributed by atoms with Crippen LogP contribution in [0.4, 0.5) is 22.0 Å². The van der Waals surface area contributed by atoms with Gasteiger partial charge in [-0.3, -0.25) is 24.0 Å². The van der Waals surface area contributed by atoms with E-state index in [9.17, 15) is 41.4 Å². The van der Waals surface area contributed by atoms with Crippen molar-refractivity contribution in [1.82, 2.24) is 19.7 Å². The summed E-state index contributed by atoms with van der Waals surface area (Å²) in [4.78, 5) is 42.7. The molecular weight excluding hydrogens is 586 g/mol. The number of nitrogens with zero attached hydrogens (tertiary/aromatic N) is 4.